The molecule has 1 amide bonds. The van der Waals surface area contributed by atoms with Crippen LogP contribution in [0, 0.1) is 6.92 Å². The lowest BCUT2D eigenvalue weighted by atomic mass is 10.1. The predicted molar refractivity (Wildman–Crippen MR) is 107 cm³/mol. The molecule has 140 valence electrons. The summed E-state index contributed by atoms with van der Waals surface area (Å²) in [6, 6.07) is 9.81. The van der Waals surface area contributed by atoms with Crippen LogP contribution in [-0.4, -0.2) is 31.9 Å². The van der Waals surface area contributed by atoms with E-state index in [1.807, 2.05) is 63.6 Å². The van der Waals surface area contributed by atoms with Gasteiger partial charge in [-0.3, -0.25) is 4.79 Å². The molecule has 6 nitrogen and oxygen atoms in total. The molecular weight excluding hydrogens is 358 g/mol. The second-order valence-electron chi connectivity index (χ2n) is 6.51. The molecule has 0 aliphatic carbocycles. The number of benzene rings is 1. The normalized spacial score (nSPS) is 11.0. The van der Waals surface area contributed by atoms with Crippen molar-refractivity contribution in [3.8, 4) is 5.69 Å². The molecule has 0 aliphatic rings. The number of thioether (sulfide) groups is 1. The summed E-state index contributed by atoms with van der Waals surface area (Å²) in [7, 11) is 0. The van der Waals surface area contributed by atoms with Crippen molar-refractivity contribution in [3.63, 3.8) is 0 Å². The first-order valence-electron chi connectivity index (χ1n) is 8.79. The first-order valence-corrected chi connectivity index (χ1v) is 10.0. The van der Waals surface area contributed by atoms with Crippen molar-refractivity contribution in [2.24, 2.45) is 0 Å². The van der Waals surface area contributed by atoms with Crippen molar-refractivity contribution in [1.82, 2.24) is 25.1 Å². The van der Waals surface area contributed by atoms with Crippen LogP contribution in [0.25, 0.3) is 5.69 Å². The summed E-state index contributed by atoms with van der Waals surface area (Å²) in [6.07, 6.45) is 5.56. The van der Waals surface area contributed by atoms with Gasteiger partial charge in [0, 0.05) is 24.9 Å². The van der Waals surface area contributed by atoms with E-state index in [0.29, 0.717) is 17.8 Å². The van der Waals surface area contributed by atoms with Crippen LogP contribution in [0.2, 0.25) is 0 Å². The predicted octanol–water partition coefficient (Wildman–Crippen LogP) is 3.75. The number of nitrogens with zero attached hydrogens (tertiary/aromatic N) is 4. The van der Waals surface area contributed by atoms with Gasteiger partial charge in [0.05, 0.1) is 16.9 Å². The van der Waals surface area contributed by atoms with E-state index in [0.717, 1.165) is 22.1 Å². The fourth-order valence-electron chi connectivity index (χ4n) is 2.69. The Labute approximate surface area is 163 Å². The molecule has 3 aromatic rings. The monoisotopic (exact) mass is 381 g/mol. The highest BCUT2D eigenvalue weighted by molar-refractivity contribution is 7.98. The molecule has 0 bridgehead atoms. The maximum absolute atomic E-state index is 12.7. The molecule has 0 spiro atoms. The van der Waals surface area contributed by atoms with Crippen LogP contribution in [0.3, 0.4) is 0 Å². The Balaban J connectivity index is 1.72. The van der Waals surface area contributed by atoms with Gasteiger partial charge in [0.25, 0.3) is 5.91 Å². The van der Waals surface area contributed by atoms with Crippen LogP contribution in [0.15, 0.2) is 47.8 Å². The maximum Gasteiger partial charge on any atom is 0.256 e. The zero-order valence-electron chi connectivity index (χ0n) is 15.9. The third-order valence-corrected chi connectivity index (χ3v) is 4.85. The second kappa shape index (κ2) is 8.35. The Hall–Kier alpha value is -2.67. The summed E-state index contributed by atoms with van der Waals surface area (Å²) in [6.45, 7) is 6.40. The molecule has 0 radical (unpaired) electrons. The molecule has 0 aliphatic heterocycles. The summed E-state index contributed by atoms with van der Waals surface area (Å²) < 4.78 is 1.80. The molecule has 0 atom stereocenters. The SMILES string of the molecule is CSc1nc(C(C)C)nc(C)c1C(=O)NCc1ccc(-n2cccn2)cc1. The van der Waals surface area contributed by atoms with Crippen LogP contribution < -0.4 is 5.32 Å². The molecule has 1 N–H and O–H groups in total. The molecule has 2 aromatic heterocycles. The van der Waals surface area contributed by atoms with Gasteiger partial charge in [-0.2, -0.15) is 5.10 Å². The number of amides is 1. The summed E-state index contributed by atoms with van der Waals surface area (Å²) >= 11 is 1.47. The van der Waals surface area contributed by atoms with E-state index in [1.165, 1.54) is 11.8 Å². The summed E-state index contributed by atoms with van der Waals surface area (Å²) in [5, 5.41) is 7.91. The number of rotatable bonds is 6. The standard InChI is InChI=1S/C20H23N5OS/c1-13(2)18-23-14(3)17(20(24-18)27-4)19(26)21-12-15-6-8-16(9-7-15)25-11-5-10-22-25/h5-11,13H,12H2,1-4H3,(H,21,26). The molecule has 0 saturated carbocycles. The summed E-state index contributed by atoms with van der Waals surface area (Å²) in [4.78, 5) is 21.8. The Morgan fingerprint density at radius 1 is 1.22 bits per heavy atom. The molecule has 0 saturated heterocycles. The van der Waals surface area contributed by atoms with Crippen molar-refractivity contribution in [2.75, 3.05) is 6.26 Å². The Kier molecular flexibility index (Phi) is 5.91. The first kappa shape index (κ1) is 19.1. The minimum Gasteiger partial charge on any atom is -0.348 e. The molecule has 2 heterocycles. The van der Waals surface area contributed by atoms with E-state index in [-0.39, 0.29) is 11.8 Å². The van der Waals surface area contributed by atoms with E-state index in [9.17, 15) is 4.79 Å². The lowest BCUT2D eigenvalue weighted by Crippen LogP contribution is -2.25. The number of nitrogens with one attached hydrogen (secondary N) is 1. The topological polar surface area (TPSA) is 72.7 Å². The van der Waals surface area contributed by atoms with Crippen molar-refractivity contribution < 1.29 is 4.79 Å². The molecular formula is C20H23N5OS. The van der Waals surface area contributed by atoms with Gasteiger partial charge in [-0.25, -0.2) is 14.6 Å². The Morgan fingerprint density at radius 3 is 2.56 bits per heavy atom. The zero-order valence-corrected chi connectivity index (χ0v) is 16.7. The van der Waals surface area contributed by atoms with Crippen molar-refractivity contribution in [1.29, 1.82) is 0 Å². The number of carbonyl (C=O) groups excluding carboxylic acids is 1. The summed E-state index contributed by atoms with van der Waals surface area (Å²) in [5.41, 5.74) is 3.26. The van der Waals surface area contributed by atoms with Gasteiger partial charge in [-0.05, 0) is 36.9 Å². The number of hydrogen-bond donors (Lipinski definition) is 1. The highest BCUT2D eigenvalue weighted by Gasteiger charge is 2.19. The van der Waals surface area contributed by atoms with Crippen molar-refractivity contribution >= 4 is 17.7 Å². The molecule has 1 aromatic carbocycles. The quantitative estimate of drug-likeness (QED) is 0.520. The van der Waals surface area contributed by atoms with Crippen LogP contribution in [0.1, 0.15) is 47.2 Å². The molecule has 3 rings (SSSR count). The highest BCUT2D eigenvalue weighted by atomic mass is 32.2. The lowest BCUT2D eigenvalue weighted by molar-refractivity contribution is 0.0946. The van der Waals surface area contributed by atoms with Gasteiger partial charge >= 0.3 is 0 Å². The largest absolute Gasteiger partial charge is 0.348 e. The minimum absolute atomic E-state index is 0.150. The van der Waals surface area contributed by atoms with E-state index in [2.05, 4.69) is 20.4 Å². The van der Waals surface area contributed by atoms with Gasteiger partial charge in [-0.15, -0.1) is 11.8 Å². The zero-order chi connectivity index (χ0) is 19.4. The van der Waals surface area contributed by atoms with Crippen LogP contribution in [-0.2, 0) is 6.54 Å². The van der Waals surface area contributed by atoms with Gasteiger partial charge in [-0.1, -0.05) is 26.0 Å². The van der Waals surface area contributed by atoms with Gasteiger partial charge in [0.15, 0.2) is 0 Å². The van der Waals surface area contributed by atoms with Gasteiger partial charge in [0.1, 0.15) is 10.9 Å². The Bertz CT molecular complexity index is 920. The smallest absolute Gasteiger partial charge is 0.256 e. The average Bonchev–Trinajstić information content (AvgIpc) is 3.20. The maximum atomic E-state index is 12.7. The molecule has 0 fully saturated rings. The first-order chi connectivity index (χ1) is 13.0. The third kappa shape index (κ3) is 4.36. The molecule has 7 heteroatoms. The van der Waals surface area contributed by atoms with E-state index < -0.39 is 0 Å². The van der Waals surface area contributed by atoms with E-state index in [1.54, 1.807) is 10.9 Å². The number of carbonyl (C=O) groups is 1. The van der Waals surface area contributed by atoms with Crippen LogP contribution in [0.5, 0.6) is 0 Å². The molecule has 27 heavy (non-hydrogen) atoms. The van der Waals surface area contributed by atoms with Crippen molar-refractivity contribution in [3.05, 3.63) is 65.4 Å². The number of aromatic nitrogens is 4. The van der Waals surface area contributed by atoms with Crippen LogP contribution >= 0.6 is 11.8 Å². The fraction of sp³-hybridized carbons (Fsp3) is 0.300. The van der Waals surface area contributed by atoms with Crippen molar-refractivity contribution in [2.45, 2.75) is 38.3 Å². The molecule has 0 unspecified atom stereocenters. The van der Waals surface area contributed by atoms with Gasteiger partial charge < -0.3 is 5.32 Å². The van der Waals surface area contributed by atoms with Gasteiger partial charge in [0.2, 0.25) is 0 Å². The summed E-state index contributed by atoms with van der Waals surface area (Å²) in [5.74, 6) is 0.839. The van der Waals surface area contributed by atoms with Crippen LogP contribution in [0.4, 0.5) is 0 Å². The highest BCUT2D eigenvalue weighted by Crippen LogP contribution is 2.23. The second-order valence-corrected chi connectivity index (χ2v) is 7.30. The lowest BCUT2D eigenvalue weighted by Gasteiger charge is -2.13. The fourth-order valence-corrected chi connectivity index (χ4v) is 3.32. The van der Waals surface area contributed by atoms with E-state index in [4.69, 9.17) is 0 Å². The number of aryl methyl sites for hydroxylation is 1. The van der Waals surface area contributed by atoms with E-state index >= 15 is 0 Å². The average molecular weight is 382 g/mol. The minimum atomic E-state index is -0.150. The number of hydrogen-bond acceptors (Lipinski definition) is 5. The third-order valence-electron chi connectivity index (χ3n) is 4.17. The Morgan fingerprint density at radius 2 is 1.96 bits per heavy atom.